The lowest BCUT2D eigenvalue weighted by Crippen LogP contribution is -2.37. The van der Waals surface area contributed by atoms with E-state index in [0.29, 0.717) is 17.7 Å². The Labute approximate surface area is 227 Å². The number of carbonyl (C=O) groups is 2. The van der Waals surface area contributed by atoms with E-state index in [1.807, 2.05) is 0 Å². The Morgan fingerprint density at radius 3 is 1.53 bits per heavy atom. The summed E-state index contributed by atoms with van der Waals surface area (Å²) in [4.78, 5) is 30.6. The van der Waals surface area contributed by atoms with Crippen molar-refractivity contribution >= 4 is 11.8 Å². The first kappa shape index (κ1) is 30.6. The molecule has 5 rings (SSSR count). The molecule has 10 heteroatoms. The van der Waals surface area contributed by atoms with Crippen LogP contribution in [0.25, 0.3) is 0 Å². The first-order chi connectivity index (χ1) is 18.7. The highest BCUT2D eigenvalue weighted by Crippen LogP contribution is 2.22. The van der Waals surface area contributed by atoms with Gasteiger partial charge in [-0.15, -0.1) is 0 Å². The Bertz CT molecular complexity index is 764. The van der Waals surface area contributed by atoms with Gasteiger partial charge in [-0.3, -0.25) is 24.3 Å². The van der Waals surface area contributed by atoms with E-state index < -0.39 is 0 Å². The zero-order chi connectivity index (χ0) is 26.8. The molecule has 0 saturated carbocycles. The second-order valence-electron chi connectivity index (χ2n) is 9.78. The smallest absolute Gasteiger partial charge is 0.261 e. The lowest BCUT2D eigenvalue weighted by atomic mass is 10.1. The van der Waals surface area contributed by atoms with Crippen LogP contribution in [-0.4, -0.2) is 132 Å². The van der Waals surface area contributed by atoms with Crippen molar-refractivity contribution in [1.29, 1.82) is 0 Å². The molecule has 1 aromatic carbocycles. The molecule has 4 heterocycles. The molecule has 0 aliphatic carbocycles. The van der Waals surface area contributed by atoms with Gasteiger partial charge < -0.3 is 25.3 Å². The van der Waals surface area contributed by atoms with E-state index in [9.17, 15) is 9.59 Å². The first-order valence-corrected chi connectivity index (χ1v) is 14.2. The van der Waals surface area contributed by atoms with E-state index in [-0.39, 0.29) is 11.8 Å². The number of imide groups is 1. The molecule has 3 saturated heterocycles. The summed E-state index contributed by atoms with van der Waals surface area (Å²) in [5.74, 6) is -0.302. The second kappa shape index (κ2) is 18.4. The largest absolute Gasteiger partial charge is 0.379 e. The Kier molecular flexibility index (Phi) is 14.8. The van der Waals surface area contributed by atoms with Crippen LogP contribution in [0.15, 0.2) is 24.3 Å². The molecule has 3 N–H and O–H groups in total. The highest BCUT2D eigenvalue weighted by atomic mass is 16.5. The molecule has 0 atom stereocenters. The lowest BCUT2D eigenvalue weighted by molar-refractivity contribution is 0.0368. The third-order valence-electron chi connectivity index (χ3n) is 6.97. The number of nitrogens with two attached hydrogens (primary N) is 1. The molecule has 0 spiro atoms. The van der Waals surface area contributed by atoms with Gasteiger partial charge in [-0.2, -0.15) is 0 Å². The number of carbonyl (C=O) groups excluding carboxylic acids is 2. The maximum Gasteiger partial charge on any atom is 0.261 e. The van der Waals surface area contributed by atoms with Crippen LogP contribution in [-0.2, 0) is 14.2 Å². The zero-order valence-electron chi connectivity index (χ0n) is 22.9. The number of nitrogens with zero attached hydrogens (tertiary/aromatic N) is 3. The van der Waals surface area contributed by atoms with Crippen LogP contribution in [0.2, 0.25) is 0 Å². The quantitative estimate of drug-likeness (QED) is 0.356. The minimum Gasteiger partial charge on any atom is -0.379 e. The number of hydrogen-bond donors (Lipinski definition) is 2. The molecular weight excluding hydrogens is 486 g/mol. The Morgan fingerprint density at radius 1 is 0.658 bits per heavy atom. The zero-order valence-corrected chi connectivity index (χ0v) is 22.9. The molecule has 4 aliphatic heterocycles. The van der Waals surface area contributed by atoms with Crippen molar-refractivity contribution in [2.75, 3.05) is 105 Å². The molecular formula is C28H47N5O5. The van der Waals surface area contributed by atoms with E-state index in [1.165, 1.54) is 17.9 Å². The molecule has 38 heavy (non-hydrogen) atoms. The minimum absolute atomic E-state index is 0.151. The predicted molar refractivity (Wildman–Crippen MR) is 148 cm³/mol. The van der Waals surface area contributed by atoms with E-state index in [4.69, 9.17) is 19.9 Å². The predicted octanol–water partition coefficient (Wildman–Crippen LogP) is 1.06. The van der Waals surface area contributed by atoms with Gasteiger partial charge >= 0.3 is 0 Å². The van der Waals surface area contributed by atoms with E-state index in [1.54, 1.807) is 24.3 Å². The normalized spacial score (nSPS) is 20.3. The maximum absolute atomic E-state index is 12.2. The summed E-state index contributed by atoms with van der Waals surface area (Å²) in [6, 6.07) is 7.05. The number of benzene rings is 1. The maximum atomic E-state index is 12.2. The molecule has 10 nitrogen and oxygen atoms in total. The average molecular weight is 534 g/mol. The topological polar surface area (TPSA) is 110 Å². The second-order valence-corrected chi connectivity index (χ2v) is 9.78. The summed E-state index contributed by atoms with van der Waals surface area (Å²) in [6.07, 6.45) is 4.23. The molecule has 0 radical (unpaired) electrons. The summed E-state index contributed by atoms with van der Waals surface area (Å²) in [5, 5.41) is 3.16. The van der Waals surface area contributed by atoms with Gasteiger partial charge in [0.15, 0.2) is 0 Å². The van der Waals surface area contributed by atoms with Gasteiger partial charge in [0.05, 0.1) is 50.8 Å². The molecule has 4 aliphatic rings. The van der Waals surface area contributed by atoms with Crippen molar-refractivity contribution in [3.63, 3.8) is 0 Å². The fraction of sp³-hybridized carbons (Fsp3) is 0.714. The standard InChI is InChI=1S/C16H20N2O3.C8H18N2O.C4H9NO/c19-15-13-5-1-2-6-14(13)16(20)18(15)8-4-3-7-17-9-11-21-12-10-17;9-3-1-2-4-10-5-7-11-8-6-10;1-3-6-4-2-5-1/h1-2,5-6H,3-4,7-12H2;1-9H2;5H,1-4H2. The van der Waals surface area contributed by atoms with Crippen molar-refractivity contribution in [2.24, 2.45) is 5.73 Å². The van der Waals surface area contributed by atoms with Gasteiger partial charge in [0.1, 0.15) is 0 Å². The number of ether oxygens (including phenoxy) is 3. The summed E-state index contributed by atoms with van der Waals surface area (Å²) < 4.78 is 15.6. The molecule has 0 bridgehead atoms. The van der Waals surface area contributed by atoms with Gasteiger partial charge in [0.2, 0.25) is 0 Å². The van der Waals surface area contributed by atoms with Gasteiger partial charge in [-0.25, -0.2) is 0 Å². The third-order valence-corrected chi connectivity index (χ3v) is 6.97. The van der Waals surface area contributed by atoms with Crippen LogP contribution in [0.5, 0.6) is 0 Å². The average Bonchev–Trinajstić information content (AvgIpc) is 3.23. The van der Waals surface area contributed by atoms with Crippen molar-refractivity contribution in [2.45, 2.75) is 25.7 Å². The summed E-state index contributed by atoms with van der Waals surface area (Å²) >= 11 is 0. The van der Waals surface area contributed by atoms with Crippen LogP contribution in [0.3, 0.4) is 0 Å². The van der Waals surface area contributed by atoms with Crippen LogP contribution in [0.4, 0.5) is 0 Å². The molecule has 214 valence electrons. The fourth-order valence-corrected chi connectivity index (χ4v) is 4.69. The van der Waals surface area contributed by atoms with Crippen molar-refractivity contribution in [1.82, 2.24) is 20.0 Å². The number of morpholine rings is 3. The molecule has 1 aromatic rings. The number of nitrogens with one attached hydrogen (secondary N) is 1. The highest BCUT2D eigenvalue weighted by Gasteiger charge is 2.34. The van der Waals surface area contributed by atoms with Crippen LogP contribution in [0.1, 0.15) is 46.4 Å². The van der Waals surface area contributed by atoms with Crippen LogP contribution >= 0.6 is 0 Å². The van der Waals surface area contributed by atoms with Crippen molar-refractivity contribution in [3.8, 4) is 0 Å². The van der Waals surface area contributed by atoms with Crippen molar-refractivity contribution < 1.29 is 23.8 Å². The summed E-state index contributed by atoms with van der Waals surface area (Å²) in [6.45, 7) is 14.9. The monoisotopic (exact) mass is 533 g/mol. The van der Waals surface area contributed by atoms with E-state index in [2.05, 4.69) is 15.1 Å². The highest BCUT2D eigenvalue weighted by molar-refractivity contribution is 6.21. The van der Waals surface area contributed by atoms with Gasteiger partial charge in [-0.05, 0) is 57.5 Å². The fourth-order valence-electron chi connectivity index (χ4n) is 4.69. The SMILES string of the molecule is C1COCCN1.NCCCCN1CCOCC1.O=C1c2ccccc2C(=O)N1CCCCN1CCOCC1. The summed E-state index contributed by atoms with van der Waals surface area (Å²) in [5.41, 5.74) is 6.48. The number of hydrogen-bond acceptors (Lipinski definition) is 9. The van der Waals surface area contributed by atoms with Gasteiger partial charge in [0.25, 0.3) is 11.8 Å². The molecule has 2 amide bonds. The molecule has 3 fully saturated rings. The number of rotatable bonds is 9. The van der Waals surface area contributed by atoms with E-state index in [0.717, 1.165) is 111 Å². The minimum atomic E-state index is -0.151. The van der Waals surface area contributed by atoms with Crippen LogP contribution < -0.4 is 11.1 Å². The Morgan fingerprint density at radius 2 is 1.11 bits per heavy atom. The Hall–Kier alpha value is -1.92. The summed E-state index contributed by atoms with van der Waals surface area (Å²) in [7, 11) is 0. The van der Waals surface area contributed by atoms with Gasteiger partial charge in [0, 0.05) is 45.8 Å². The Balaban J connectivity index is 0.000000195. The number of amides is 2. The van der Waals surface area contributed by atoms with Crippen molar-refractivity contribution in [3.05, 3.63) is 35.4 Å². The number of unbranched alkanes of at least 4 members (excludes halogenated alkanes) is 2. The van der Waals surface area contributed by atoms with Gasteiger partial charge in [-0.1, -0.05) is 12.1 Å². The third kappa shape index (κ3) is 10.7. The first-order valence-electron chi connectivity index (χ1n) is 14.2. The molecule has 0 aromatic heterocycles. The van der Waals surface area contributed by atoms with E-state index >= 15 is 0 Å². The molecule has 0 unspecified atom stereocenters. The van der Waals surface area contributed by atoms with Crippen LogP contribution in [0, 0.1) is 0 Å². The number of fused-ring (bicyclic) bond motifs is 1. The lowest BCUT2D eigenvalue weighted by Gasteiger charge is -2.26.